The highest BCUT2D eigenvalue weighted by molar-refractivity contribution is 9.10. The summed E-state index contributed by atoms with van der Waals surface area (Å²) in [4.78, 5) is 0. The number of ether oxygens (including phenoxy) is 2. The summed E-state index contributed by atoms with van der Waals surface area (Å²) in [6.45, 7) is 2.41. The van der Waals surface area contributed by atoms with Gasteiger partial charge in [-0.3, -0.25) is 0 Å². The Hall–Kier alpha value is -0.380. The first kappa shape index (κ1) is 12.1. The smallest absolute Gasteiger partial charge is 0.0561 e. The van der Waals surface area contributed by atoms with E-state index in [1.54, 1.807) is 7.11 Å². The van der Waals surface area contributed by atoms with Gasteiger partial charge < -0.3 is 9.47 Å². The first-order valence-electron chi connectivity index (χ1n) is 5.60. The maximum absolute atomic E-state index is 5.46. The minimum atomic E-state index is 0.118. The molecule has 1 heterocycles. The van der Waals surface area contributed by atoms with Crippen LogP contribution in [0.1, 0.15) is 18.4 Å². The monoisotopic (exact) mass is 284 g/mol. The lowest BCUT2D eigenvalue weighted by Crippen LogP contribution is -2.38. The zero-order chi connectivity index (χ0) is 11.4. The van der Waals surface area contributed by atoms with Crippen molar-refractivity contribution < 1.29 is 9.47 Å². The van der Waals surface area contributed by atoms with Gasteiger partial charge in [0, 0.05) is 30.2 Å². The van der Waals surface area contributed by atoms with Crippen molar-refractivity contribution in [2.45, 2.75) is 18.3 Å². The van der Waals surface area contributed by atoms with Gasteiger partial charge in [0.1, 0.15) is 0 Å². The van der Waals surface area contributed by atoms with Crippen molar-refractivity contribution in [1.29, 1.82) is 0 Å². The van der Waals surface area contributed by atoms with Crippen LogP contribution in [-0.4, -0.2) is 26.9 Å². The third-order valence-electron chi connectivity index (χ3n) is 3.32. The van der Waals surface area contributed by atoms with E-state index in [4.69, 9.17) is 9.47 Å². The predicted octanol–water partition coefficient (Wildman–Crippen LogP) is 3.14. The minimum Gasteiger partial charge on any atom is -0.384 e. The molecule has 16 heavy (non-hydrogen) atoms. The van der Waals surface area contributed by atoms with Gasteiger partial charge in [0.15, 0.2) is 0 Å². The van der Waals surface area contributed by atoms with Gasteiger partial charge >= 0.3 is 0 Å². The number of hydrogen-bond acceptors (Lipinski definition) is 2. The van der Waals surface area contributed by atoms with Crippen molar-refractivity contribution in [3.63, 3.8) is 0 Å². The highest BCUT2D eigenvalue weighted by Gasteiger charge is 2.35. The van der Waals surface area contributed by atoms with Crippen LogP contribution in [0.5, 0.6) is 0 Å². The van der Waals surface area contributed by atoms with Crippen LogP contribution in [-0.2, 0) is 14.9 Å². The van der Waals surface area contributed by atoms with Crippen LogP contribution in [0.2, 0.25) is 0 Å². The van der Waals surface area contributed by atoms with Crippen molar-refractivity contribution in [1.82, 2.24) is 0 Å². The molecule has 88 valence electrons. The van der Waals surface area contributed by atoms with E-state index in [2.05, 4.69) is 34.1 Å². The van der Waals surface area contributed by atoms with Crippen molar-refractivity contribution in [2.24, 2.45) is 0 Å². The summed E-state index contributed by atoms with van der Waals surface area (Å²) < 4.78 is 12.1. The van der Waals surface area contributed by atoms with Gasteiger partial charge in [-0.25, -0.2) is 0 Å². The first-order valence-corrected chi connectivity index (χ1v) is 6.39. The lowest BCUT2D eigenvalue weighted by molar-refractivity contribution is 0.0133. The van der Waals surface area contributed by atoms with Crippen LogP contribution in [0, 0.1) is 0 Å². The van der Waals surface area contributed by atoms with Gasteiger partial charge in [0.2, 0.25) is 0 Å². The quantitative estimate of drug-likeness (QED) is 0.849. The Labute approximate surface area is 105 Å². The summed E-state index contributed by atoms with van der Waals surface area (Å²) in [6.07, 6.45) is 2.06. The highest BCUT2D eigenvalue weighted by Crippen LogP contribution is 2.38. The molecule has 1 aromatic rings. The van der Waals surface area contributed by atoms with Crippen LogP contribution in [0.15, 0.2) is 28.7 Å². The van der Waals surface area contributed by atoms with E-state index in [9.17, 15) is 0 Å². The predicted molar refractivity (Wildman–Crippen MR) is 67.7 cm³/mol. The summed E-state index contributed by atoms with van der Waals surface area (Å²) in [5.41, 5.74) is 1.47. The molecule has 0 unspecified atom stereocenters. The van der Waals surface area contributed by atoms with Crippen molar-refractivity contribution in [2.75, 3.05) is 26.9 Å². The molecule has 1 saturated heterocycles. The molecule has 0 radical (unpaired) electrons. The molecule has 1 aromatic carbocycles. The van der Waals surface area contributed by atoms with Crippen molar-refractivity contribution >= 4 is 15.9 Å². The largest absolute Gasteiger partial charge is 0.384 e. The third-order valence-corrected chi connectivity index (χ3v) is 4.01. The fraction of sp³-hybridized carbons (Fsp3) is 0.538. The van der Waals surface area contributed by atoms with Crippen molar-refractivity contribution in [3.05, 3.63) is 34.3 Å². The molecule has 1 aliphatic heterocycles. The SMILES string of the molecule is COCC1(c2ccccc2Br)CCOCC1. The van der Waals surface area contributed by atoms with E-state index in [0.717, 1.165) is 32.7 Å². The maximum atomic E-state index is 5.46. The number of halogens is 1. The maximum Gasteiger partial charge on any atom is 0.0561 e. The van der Waals surface area contributed by atoms with Crippen LogP contribution >= 0.6 is 15.9 Å². The van der Waals surface area contributed by atoms with Crippen LogP contribution < -0.4 is 0 Å². The lowest BCUT2D eigenvalue weighted by Gasteiger charge is -2.37. The number of hydrogen-bond donors (Lipinski definition) is 0. The Bertz CT molecular complexity index is 340. The molecular weight excluding hydrogens is 268 g/mol. The average Bonchev–Trinajstić information content (AvgIpc) is 2.31. The second-order valence-electron chi connectivity index (χ2n) is 4.31. The van der Waals surface area contributed by atoms with Gasteiger partial charge in [-0.15, -0.1) is 0 Å². The van der Waals surface area contributed by atoms with E-state index in [1.807, 2.05) is 6.07 Å². The van der Waals surface area contributed by atoms with Gasteiger partial charge in [-0.05, 0) is 24.5 Å². The highest BCUT2D eigenvalue weighted by atomic mass is 79.9. The van der Waals surface area contributed by atoms with Crippen LogP contribution in [0.25, 0.3) is 0 Å². The molecule has 0 atom stereocenters. The molecule has 1 fully saturated rings. The molecular formula is C13H17BrO2. The Morgan fingerprint density at radius 2 is 2.00 bits per heavy atom. The van der Waals surface area contributed by atoms with Gasteiger partial charge in [-0.2, -0.15) is 0 Å². The molecule has 1 aliphatic rings. The summed E-state index contributed by atoms with van der Waals surface area (Å²) >= 11 is 3.64. The van der Waals surface area contributed by atoms with Gasteiger partial charge in [0.25, 0.3) is 0 Å². The summed E-state index contributed by atoms with van der Waals surface area (Å²) in [5, 5.41) is 0. The standard InChI is InChI=1S/C13H17BrO2/c1-15-10-13(6-8-16-9-7-13)11-4-2-3-5-12(11)14/h2-5H,6-10H2,1H3. The number of methoxy groups -OCH3 is 1. The van der Waals surface area contributed by atoms with E-state index in [1.165, 1.54) is 10.0 Å². The van der Waals surface area contributed by atoms with E-state index < -0.39 is 0 Å². The van der Waals surface area contributed by atoms with E-state index >= 15 is 0 Å². The average molecular weight is 285 g/mol. The zero-order valence-electron chi connectivity index (χ0n) is 9.54. The second-order valence-corrected chi connectivity index (χ2v) is 5.16. The fourth-order valence-corrected chi connectivity index (χ4v) is 3.13. The summed E-state index contributed by atoms with van der Waals surface area (Å²) in [5.74, 6) is 0. The topological polar surface area (TPSA) is 18.5 Å². The fourth-order valence-electron chi connectivity index (χ4n) is 2.42. The number of benzene rings is 1. The molecule has 0 spiro atoms. The molecule has 2 nitrogen and oxygen atoms in total. The van der Waals surface area contributed by atoms with Gasteiger partial charge in [-0.1, -0.05) is 34.1 Å². The molecule has 0 amide bonds. The second kappa shape index (κ2) is 5.30. The summed E-state index contributed by atoms with van der Waals surface area (Å²) in [7, 11) is 1.77. The van der Waals surface area contributed by atoms with Gasteiger partial charge in [0.05, 0.1) is 6.61 Å². The van der Waals surface area contributed by atoms with Crippen LogP contribution in [0.3, 0.4) is 0 Å². The Morgan fingerprint density at radius 3 is 2.62 bits per heavy atom. The lowest BCUT2D eigenvalue weighted by atomic mass is 9.75. The molecule has 0 aliphatic carbocycles. The Kier molecular flexibility index (Phi) is 4.00. The van der Waals surface area contributed by atoms with E-state index in [-0.39, 0.29) is 5.41 Å². The Morgan fingerprint density at radius 1 is 1.31 bits per heavy atom. The number of rotatable bonds is 3. The minimum absolute atomic E-state index is 0.118. The molecule has 2 rings (SSSR count). The van der Waals surface area contributed by atoms with Crippen molar-refractivity contribution in [3.8, 4) is 0 Å². The van der Waals surface area contributed by atoms with Crippen LogP contribution in [0.4, 0.5) is 0 Å². The summed E-state index contributed by atoms with van der Waals surface area (Å²) in [6, 6.07) is 8.43. The Balaban J connectivity index is 2.34. The third kappa shape index (κ3) is 2.31. The molecule has 0 aromatic heterocycles. The molecule has 0 bridgehead atoms. The van der Waals surface area contributed by atoms with E-state index in [0.29, 0.717) is 0 Å². The first-order chi connectivity index (χ1) is 7.78. The molecule has 0 N–H and O–H groups in total. The molecule has 0 saturated carbocycles. The zero-order valence-corrected chi connectivity index (χ0v) is 11.1. The normalized spacial score (nSPS) is 19.6. The molecule has 3 heteroatoms.